The smallest absolute Gasteiger partial charge is 0.174 e. The number of aryl methyl sites for hydroxylation is 2. The van der Waals surface area contributed by atoms with Crippen LogP contribution in [-0.2, 0) is 4.74 Å². The van der Waals surface area contributed by atoms with Gasteiger partial charge in [-0.3, -0.25) is 4.98 Å². The van der Waals surface area contributed by atoms with Crippen LogP contribution < -0.4 is 4.90 Å². The van der Waals surface area contributed by atoms with Crippen molar-refractivity contribution >= 4 is 5.82 Å². The quantitative estimate of drug-likeness (QED) is 0.839. The fourth-order valence-electron chi connectivity index (χ4n) is 4.16. The summed E-state index contributed by atoms with van der Waals surface area (Å²) >= 11 is 0. The van der Waals surface area contributed by atoms with Gasteiger partial charge in [-0.1, -0.05) is 19.3 Å². The number of rotatable bonds is 4. The van der Waals surface area contributed by atoms with Crippen LogP contribution in [0.4, 0.5) is 5.82 Å². The number of anilines is 1. The molecule has 2 aromatic heterocycles. The van der Waals surface area contributed by atoms with Gasteiger partial charge in [0.05, 0.1) is 30.3 Å². The second-order valence-electron chi connectivity index (χ2n) is 7.66. The highest BCUT2D eigenvalue weighted by molar-refractivity contribution is 5.40. The van der Waals surface area contributed by atoms with Crippen LogP contribution >= 0.6 is 0 Å². The number of aromatic nitrogens is 4. The Hall–Kier alpha value is -1.95. The van der Waals surface area contributed by atoms with E-state index in [9.17, 15) is 0 Å². The van der Waals surface area contributed by atoms with Crippen molar-refractivity contribution in [2.45, 2.75) is 71.0 Å². The largest absolute Gasteiger partial charge is 0.375 e. The summed E-state index contributed by atoms with van der Waals surface area (Å²) in [6.07, 6.45) is 13.2. The Morgan fingerprint density at radius 2 is 1.62 bits per heavy atom. The molecule has 1 aliphatic carbocycles. The molecule has 0 atom stereocenters. The van der Waals surface area contributed by atoms with Crippen molar-refractivity contribution in [2.75, 3.05) is 18.0 Å². The predicted octanol–water partition coefficient (Wildman–Crippen LogP) is 3.60. The second kappa shape index (κ2) is 7.74. The third-order valence-electron chi connectivity index (χ3n) is 5.54. The van der Waals surface area contributed by atoms with Crippen LogP contribution in [0.2, 0.25) is 0 Å². The van der Waals surface area contributed by atoms with E-state index in [1.165, 1.54) is 32.1 Å². The molecule has 0 spiro atoms. The molecule has 0 unspecified atom stereocenters. The molecule has 26 heavy (non-hydrogen) atoms. The molecule has 4 rings (SSSR count). The minimum absolute atomic E-state index is 0.404. The second-order valence-corrected chi connectivity index (χ2v) is 7.66. The molecule has 6 heteroatoms. The summed E-state index contributed by atoms with van der Waals surface area (Å²) in [5.41, 5.74) is 2.07. The van der Waals surface area contributed by atoms with Crippen LogP contribution in [0.15, 0.2) is 18.5 Å². The maximum Gasteiger partial charge on any atom is 0.174 e. The van der Waals surface area contributed by atoms with Crippen molar-refractivity contribution in [3.63, 3.8) is 0 Å². The first-order valence-electron chi connectivity index (χ1n) is 9.95. The number of nitrogens with zero attached hydrogens (tertiary/aromatic N) is 5. The van der Waals surface area contributed by atoms with Gasteiger partial charge < -0.3 is 9.64 Å². The molecular formula is C20H29N5O. The zero-order valence-electron chi connectivity index (χ0n) is 15.9. The molecule has 2 aliphatic rings. The van der Waals surface area contributed by atoms with E-state index in [1.54, 1.807) is 6.20 Å². The molecule has 2 aromatic rings. The summed E-state index contributed by atoms with van der Waals surface area (Å²) in [5.74, 6) is 1.72. The first kappa shape index (κ1) is 17.5. The monoisotopic (exact) mass is 355 g/mol. The molecular weight excluding hydrogens is 326 g/mol. The van der Waals surface area contributed by atoms with Crippen LogP contribution in [0.1, 0.15) is 56.3 Å². The van der Waals surface area contributed by atoms with E-state index in [0.717, 1.165) is 49.0 Å². The Kier molecular flexibility index (Phi) is 5.20. The third kappa shape index (κ3) is 3.90. The summed E-state index contributed by atoms with van der Waals surface area (Å²) in [4.78, 5) is 11.5. The highest BCUT2D eigenvalue weighted by atomic mass is 16.5. The van der Waals surface area contributed by atoms with E-state index >= 15 is 0 Å². The molecule has 6 nitrogen and oxygen atoms in total. The number of piperidine rings is 1. The Bertz CT molecular complexity index is 730. The van der Waals surface area contributed by atoms with Crippen LogP contribution in [0.3, 0.4) is 0 Å². The lowest BCUT2D eigenvalue weighted by atomic mass is 9.97. The SMILES string of the molecule is Cc1cc(C)n(-c2cncc(N3CCC(OC4CCCCC4)CC3)n2)n1. The lowest BCUT2D eigenvalue weighted by molar-refractivity contribution is -0.0395. The van der Waals surface area contributed by atoms with E-state index < -0.39 is 0 Å². The molecule has 1 saturated carbocycles. The van der Waals surface area contributed by atoms with E-state index in [2.05, 4.69) is 21.0 Å². The first-order valence-corrected chi connectivity index (χ1v) is 9.95. The molecule has 0 aromatic carbocycles. The van der Waals surface area contributed by atoms with E-state index in [0.29, 0.717) is 12.2 Å². The molecule has 0 amide bonds. The van der Waals surface area contributed by atoms with Crippen LogP contribution in [0.5, 0.6) is 0 Å². The number of hydrogen-bond donors (Lipinski definition) is 0. The average Bonchev–Trinajstić information content (AvgIpc) is 3.01. The Morgan fingerprint density at radius 3 is 2.31 bits per heavy atom. The minimum Gasteiger partial charge on any atom is -0.375 e. The van der Waals surface area contributed by atoms with Gasteiger partial charge in [-0.15, -0.1) is 0 Å². The number of hydrogen-bond acceptors (Lipinski definition) is 5. The first-order chi connectivity index (χ1) is 12.7. The van der Waals surface area contributed by atoms with Crippen molar-refractivity contribution < 1.29 is 4.74 Å². The Balaban J connectivity index is 1.38. The van der Waals surface area contributed by atoms with Crippen molar-refractivity contribution in [1.82, 2.24) is 19.7 Å². The molecule has 1 saturated heterocycles. The van der Waals surface area contributed by atoms with Gasteiger partial charge in [0.25, 0.3) is 0 Å². The molecule has 3 heterocycles. The van der Waals surface area contributed by atoms with Crippen molar-refractivity contribution in [3.05, 3.63) is 29.8 Å². The maximum absolute atomic E-state index is 6.35. The summed E-state index contributed by atoms with van der Waals surface area (Å²) in [6, 6.07) is 2.06. The Labute approximate surface area is 155 Å². The van der Waals surface area contributed by atoms with E-state index in [4.69, 9.17) is 9.72 Å². The zero-order valence-corrected chi connectivity index (χ0v) is 15.9. The van der Waals surface area contributed by atoms with Crippen molar-refractivity contribution in [2.24, 2.45) is 0 Å². The van der Waals surface area contributed by atoms with Crippen LogP contribution in [0, 0.1) is 13.8 Å². The summed E-state index contributed by atoms with van der Waals surface area (Å²) in [7, 11) is 0. The molecule has 1 aliphatic heterocycles. The number of ether oxygens (including phenoxy) is 1. The van der Waals surface area contributed by atoms with Crippen molar-refractivity contribution in [3.8, 4) is 5.82 Å². The summed E-state index contributed by atoms with van der Waals surface area (Å²) in [5, 5.41) is 4.52. The van der Waals surface area contributed by atoms with Gasteiger partial charge in [-0.05, 0) is 45.6 Å². The maximum atomic E-state index is 6.35. The lowest BCUT2D eigenvalue weighted by Crippen LogP contribution is -2.39. The zero-order chi connectivity index (χ0) is 17.9. The van der Waals surface area contributed by atoms with E-state index in [-0.39, 0.29) is 0 Å². The van der Waals surface area contributed by atoms with Gasteiger partial charge in [-0.25, -0.2) is 9.67 Å². The highest BCUT2D eigenvalue weighted by Crippen LogP contribution is 2.26. The normalized spacial score (nSPS) is 19.8. The fraction of sp³-hybridized carbons (Fsp3) is 0.650. The standard InChI is InChI=1S/C20H29N5O/c1-15-12-16(2)25(23-15)20-14-21-13-19(22-20)24-10-8-18(9-11-24)26-17-6-4-3-5-7-17/h12-14,17-18H,3-11H2,1-2H3. The van der Waals surface area contributed by atoms with Gasteiger partial charge in [-0.2, -0.15) is 5.10 Å². The highest BCUT2D eigenvalue weighted by Gasteiger charge is 2.25. The fourth-order valence-corrected chi connectivity index (χ4v) is 4.16. The van der Waals surface area contributed by atoms with E-state index in [1.807, 2.05) is 24.7 Å². The summed E-state index contributed by atoms with van der Waals surface area (Å²) < 4.78 is 8.22. The van der Waals surface area contributed by atoms with Gasteiger partial charge in [0, 0.05) is 18.8 Å². The Morgan fingerprint density at radius 1 is 0.923 bits per heavy atom. The lowest BCUT2D eigenvalue weighted by Gasteiger charge is -2.35. The van der Waals surface area contributed by atoms with Crippen LogP contribution in [-0.4, -0.2) is 45.0 Å². The van der Waals surface area contributed by atoms with Gasteiger partial charge in [0.15, 0.2) is 5.82 Å². The topological polar surface area (TPSA) is 56.1 Å². The summed E-state index contributed by atoms with van der Waals surface area (Å²) in [6.45, 7) is 6.00. The molecule has 140 valence electrons. The van der Waals surface area contributed by atoms with Gasteiger partial charge >= 0.3 is 0 Å². The van der Waals surface area contributed by atoms with Crippen LogP contribution in [0.25, 0.3) is 5.82 Å². The van der Waals surface area contributed by atoms with Crippen molar-refractivity contribution in [1.29, 1.82) is 0 Å². The molecule has 0 radical (unpaired) electrons. The molecule has 2 fully saturated rings. The molecule has 0 N–H and O–H groups in total. The minimum atomic E-state index is 0.404. The molecule has 0 bridgehead atoms. The average molecular weight is 355 g/mol. The predicted molar refractivity (Wildman–Crippen MR) is 102 cm³/mol. The third-order valence-corrected chi connectivity index (χ3v) is 5.54. The van der Waals surface area contributed by atoms with Gasteiger partial charge in [0.2, 0.25) is 0 Å². The van der Waals surface area contributed by atoms with Gasteiger partial charge in [0.1, 0.15) is 5.82 Å².